The van der Waals surface area contributed by atoms with Crippen LogP contribution in [0.3, 0.4) is 0 Å². The third kappa shape index (κ3) is 2.29. The van der Waals surface area contributed by atoms with Gasteiger partial charge < -0.3 is 19.5 Å². The first-order valence-electron chi connectivity index (χ1n) is 6.49. The second-order valence-corrected chi connectivity index (χ2v) is 5.99. The van der Waals surface area contributed by atoms with E-state index in [0.29, 0.717) is 13.2 Å². The van der Waals surface area contributed by atoms with Gasteiger partial charge in [-0.15, -0.1) is 0 Å². The molecule has 2 aliphatic heterocycles. The van der Waals surface area contributed by atoms with Gasteiger partial charge in [-0.25, -0.2) is 0 Å². The average molecular weight is 328 g/mol. The van der Waals surface area contributed by atoms with Crippen molar-refractivity contribution in [3.05, 3.63) is 28.2 Å². The molecular formula is C14H18BrNO3. The standard InChI is InChI=1S/C14H18BrNO3/c1-17-12-3-2-10(15)6-11(12)14(8-19-9-14)13-7-18-5-4-16-13/h2-3,6,13,16H,4-5,7-9H2,1H3. The zero-order valence-corrected chi connectivity index (χ0v) is 12.5. The number of nitrogens with one attached hydrogen (secondary N) is 1. The summed E-state index contributed by atoms with van der Waals surface area (Å²) in [7, 11) is 1.71. The summed E-state index contributed by atoms with van der Waals surface area (Å²) < 4.78 is 17.7. The van der Waals surface area contributed by atoms with Crippen molar-refractivity contribution in [3.8, 4) is 5.75 Å². The molecule has 0 bridgehead atoms. The van der Waals surface area contributed by atoms with E-state index >= 15 is 0 Å². The van der Waals surface area contributed by atoms with Gasteiger partial charge in [-0.1, -0.05) is 15.9 Å². The number of ether oxygens (including phenoxy) is 3. The van der Waals surface area contributed by atoms with Gasteiger partial charge in [0.2, 0.25) is 0 Å². The first-order chi connectivity index (χ1) is 9.26. The average Bonchev–Trinajstić information content (AvgIpc) is 2.39. The van der Waals surface area contributed by atoms with E-state index < -0.39 is 0 Å². The molecule has 0 amide bonds. The fourth-order valence-corrected chi connectivity index (χ4v) is 3.22. The Bertz CT molecular complexity index is 456. The maximum atomic E-state index is 5.62. The molecule has 4 nitrogen and oxygen atoms in total. The van der Waals surface area contributed by atoms with Gasteiger partial charge in [0.25, 0.3) is 0 Å². The molecule has 0 saturated carbocycles. The molecule has 0 aliphatic carbocycles. The zero-order valence-electron chi connectivity index (χ0n) is 10.9. The van der Waals surface area contributed by atoms with E-state index in [1.165, 1.54) is 5.56 Å². The van der Waals surface area contributed by atoms with E-state index in [2.05, 4.69) is 27.3 Å². The van der Waals surface area contributed by atoms with Crippen molar-refractivity contribution in [1.82, 2.24) is 5.32 Å². The predicted molar refractivity (Wildman–Crippen MR) is 75.8 cm³/mol. The van der Waals surface area contributed by atoms with Crippen molar-refractivity contribution in [2.45, 2.75) is 11.5 Å². The molecule has 3 rings (SSSR count). The number of benzene rings is 1. The highest BCUT2D eigenvalue weighted by atomic mass is 79.9. The van der Waals surface area contributed by atoms with Crippen LogP contribution in [0.15, 0.2) is 22.7 Å². The molecule has 104 valence electrons. The SMILES string of the molecule is COc1ccc(Br)cc1C1(C2COCCN2)COC1. The highest BCUT2D eigenvalue weighted by Crippen LogP contribution is 2.42. The Morgan fingerprint density at radius 3 is 2.79 bits per heavy atom. The topological polar surface area (TPSA) is 39.7 Å². The van der Waals surface area contributed by atoms with Crippen molar-refractivity contribution in [2.24, 2.45) is 0 Å². The molecular weight excluding hydrogens is 310 g/mol. The van der Waals surface area contributed by atoms with Crippen LogP contribution in [-0.2, 0) is 14.9 Å². The Balaban J connectivity index is 1.99. The first kappa shape index (κ1) is 13.4. The third-order valence-electron chi connectivity index (χ3n) is 4.01. The van der Waals surface area contributed by atoms with Crippen molar-refractivity contribution in [3.63, 3.8) is 0 Å². The lowest BCUT2D eigenvalue weighted by Gasteiger charge is -2.49. The first-order valence-corrected chi connectivity index (χ1v) is 7.28. The van der Waals surface area contributed by atoms with Gasteiger partial charge >= 0.3 is 0 Å². The van der Waals surface area contributed by atoms with Gasteiger partial charge in [0.1, 0.15) is 5.75 Å². The van der Waals surface area contributed by atoms with Crippen molar-refractivity contribution >= 4 is 15.9 Å². The Kier molecular flexibility index (Phi) is 3.80. The van der Waals surface area contributed by atoms with Gasteiger partial charge in [0.05, 0.1) is 39.0 Å². The highest BCUT2D eigenvalue weighted by molar-refractivity contribution is 9.10. The van der Waals surface area contributed by atoms with E-state index in [1.54, 1.807) is 7.11 Å². The smallest absolute Gasteiger partial charge is 0.122 e. The predicted octanol–water partition coefficient (Wildman–Crippen LogP) is 1.71. The molecule has 1 aromatic rings. The minimum atomic E-state index is -0.0461. The lowest BCUT2D eigenvalue weighted by Crippen LogP contribution is -2.64. The number of methoxy groups -OCH3 is 1. The van der Waals surface area contributed by atoms with Crippen LogP contribution in [0.25, 0.3) is 0 Å². The number of rotatable bonds is 3. The molecule has 2 fully saturated rings. The summed E-state index contributed by atoms with van der Waals surface area (Å²) in [5, 5.41) is 3.56. The molecule has 2 heterocycles. The van der Waals surface area contributed by atoms with Gasteiger partial charge in [0, 0.05) is 22.6 Å². The van der Waals surface area contributed by atoms with Crippen molar-refractivity contribution in [1.29, 1.82) is 0 Å². The largest absolute Gasteiger partial charge is 0.496 e. The number of morpholine rings is 1. The Hall–Kier alpha value is -0.620. The maximum Gasteiger partial charge on any atom is 0.122 e. The number of halogens is 1. The van der Waals surface area contributed by atoms with E-state index in [9.17, 15) is 0 Å². The van der Waals surface area contributed by atoms with Crippen LogP contribution in [-0.4, -0.2) is 46.1 Å². The minimum absolute atomic E-state index is 0.0461. The van der Waals surface area contributed by atoms with Gasteiger partial charge in [0.15, 0.2) is 0 Å². The fourth-order valence-electron chi connectivity index (χ4n) is 2.86. The molecule has 2 saturated heterocycles. The summed E-state index contributed by atoms with van der Waals surface area (Å²) in [4.78, 5) is 0. The van der Waals surface area contributed by atoms with E-state index in [1.807, 2.05) is 12.1 Å². The Morgan fingerprint density at radius 2 is 2.21 bits per heavy atom. The summed E-state index contributed by atoms with van der Waals surface area (Å²) in [6, 6.07) is 6.42. The zero-order chi connectivity index (χ0) is 13.3. The van der Waals surface area contributed by atoms with Crippen LogP contribution in [0.2, 0.25) is 0 Å². The summed E-state index contributed by atoms with van der Waals surface area (Å²) >= 11 is 3.55. The molecule has 1 N–H and O–H groups in total. The second kappa shape index (κ2) is 5.40. The molecule has 19 heavy (non-hydrogen) atoms. The van der Waals surface area contributed by atoms with Crippen molar-refractivity contribution < 1.29 is 14.2 Å². The van der Waals surface area contributed by atoms with Crippen LogP contribution in [0, 0.1) is 0 Å². The summed E-state index contributed by atoms with van der Waals surface area (Å²) in [5.74, 6) is 0.916. The Morgan fingerprint density at radius 1 is 1.37 bits per heavy atom. The quantitative estimate of drug-likeness (QED) is 0.917. The van der Waals surface area contributed by atoms with Crippen LogP contribution < -0.4 is 10.1 Å². The van der Waals surface area contributed by atoms with E-state index in [-0.39, 0.29) is 11.5 Å². The highest BCUT2D eigenvalue weighted by Gasteiger charge is 2.49. The van der Waals surface area contributed by atoms with Crippen molar-refractivity contribution in [2.75, 3.05) is 40.1 Å². The summed E-state index contributed by atoms with van der Waals surface area (Å²) in [6.07, 6.45) is 0. The minimum Gasteiger partial charge on any atom is -0.496 e. The third-order valence-corrected chi connectivity index (χ3v) is 4.50. The second-order valence-electron chi connectivity index (χ2n) is 5.08. The van der Waals surface area contributed by atoms with Crippen LogP contribution in [0.5, 0.6) is 5.75 Å². The normalized spacial score (nSPS) is 25.7. The monoisotopic (exact) mass is 327 g/mol. The number of hydrogen-bond donors (Lipinski definition) is 1. The molecule has 2 aliphatic rings. The maximum absolute atomic E-state index is 5.62. The van der Waals surface area contributed by atoms with E-state index in [4.69, 9.17) is 14.2 Å². The van der Waals surface area contributed by atoms with Crippen LogP contribution in [0.4, 0.5) is 0 Å². The lowest BCUT2D eigenvalue weighted by molar-refractivity contribution is -0.101. The lowest BCUT2D eigenvalue weighted by atomic mass is 9.72. The molecule has 0 aromatic heterocycles. The molecule has 0 spiro atoms. The number of hydrogen-bond acceptors (Lipinski definition) is 4. The van der Waals surface area contributed by atoms with Gasteiger partial charge in [-0.3, -0.25) is 0 Å². The van der Waals surface area contributed by atoms with Crippen LogP contribution in [0.1, 0.15) is 5.56 Å². The molecule has 0 radical (unpaired) electrons. The molecule has 1 unspecified atom stereocenters. The van der Waals surface area contributed by atoms with Gasteiger partial charge in [-0.2, -0.15) is 0 Å². The molecule has 1 atom stereocenters. The summed E-state index contributed by atoms with van der Waals surface area (Å²) in [6.45, 7) is 3.81. The molecule has 5 heteroatoms. The van der Waals surface area contributed by atoms with E-state index in [0.717, 1.165) is 30.0 Å². The Labute approximate surface area is 121 Å². The molecule has 1 aromatic carbocycles. The van der Waals surface area contributed by atoms with Crippen LogP contribution >= 0.6 is 15.9 Å². The van der Waals surface area contributed by atoms with Gasteiger partial charge in [-0.05, 0) is 18.2 Å². The summed E-state index contributed by atoms with van der Waals surface area (Å²) in [5.41, 5.74) is 1.15. The fraction of sp³-hybridized carbons (Fsp3) is 0.571.